The second kappa shape index (κ2) is 11.8. The average molecular weight is 548 g/mol. The summed E-state index contributed by atoms with van der Waals surface area (Å²) in [6.07, 6.45) is 0. The Kier molecular flexibility index (Phi) is 7.89. The Morgan fingerprint density at radius 1 is 0.775 bits per heavy atom. The summed E-state index contributed by atoms with van der Waals surface area (Å²) in [5.41, 5.74) is 3.03. The van der Waals surface area contributed by atoms with Crippen molar-refractivity contribution in [3.63, 3.8) is 0 Å². The molecule has 0 aromatic heterocycles. The number of thioether (sulfide) groups is 1. The van der Waals surface area contributed by atoms with Crippen LogP contribution in [-0.2, 0) is 4.79 Å². The summed E-state index contributed by atoms with van der Waals surface area (Å²) >= 11 is 1.35. The molecule has 0 radical (unpaired) electrons. The Hall–Kier alpha value is -4.95. The van der Waals surface area contributed by atoms with Gasteiger partial charge in [0.1, 0.15) is 5.25 Å². The van der Waals surface area contributed by atoms with Gasteiger partial charge in [0.25, 0.3) is 11.6 Å². The van der Waals surface area contributed by atoms with Gasteiger partial charge in [-0.1, -0.05) is 66.7 Å². The van der Waals surface area contributed by atoms with Gasteiger partial charge in [-0.25, -0.2) is 0 Å². The molecule has 5 aromatic rings. The van der Waals surface area contributed by atoms with Gasteiger partial charge in [0.15, 0.2) is 0 Å². The van der Waals surface area contributed by atoms with Gasteiger partial charge in [-0.15, -0.1) is 11.8 Å². The quantitative estimate of drug-likeness (QED) is 0.117. The molecule has 1 atom stereocenters. The van der Waals surface area contributed by atoms with Crippen LogP contribution in [0.25, 0.3) is 10.8 Å². The molecule has 40 heavy (non-hydrogen) atoms. The highest BCUT2D eigenvalue weighted by Gasteiger charge is 2.23. The molecule has 2 amide bonds. The van der Waals surface area contributed by atoms with E-state index in [9.17, 15) is 19.7 Å². The first-order chi connectivity index (χ1) is 19.4. The first-order valence-corrected chi connectivity index (χ1v) is 13.4. The Labute approximate surface area is 235 Å². The topological polar surface area (TPSA) is 101 Å². The van der Waals surface area contributed by atoms with Gasteiger partial charge < -0.3 is 10.6 Å². The van der Waals surface area contributed by atoms with Crippen LogP contribution in [0.1, 0.15) is 26.7 Å². The van der Waals surface area contributed by atoms with Gasteiger partial charge in [0.2, 0.25) is 5.91 Å². The standard InChI is InChI=1S/C32H25N3O4S/c1-21-18-27(35(38)39)16-17-29(21)34-32(37)30(23-9-3-2-4-10-23)40-28-13-7-12-26(20-28)33-31(36)25-15-14-22-8-5-6-11-24(22)19-25/h2-20,30H,1H3,(H,33,36)(H,34,37). The number of nitrogens with zero attached hydrogens (tertiary/aromatic N) is 1. The lowest BCUT2D eigenvalue weighted by Gasteiger charge is -2.18. The molecule has 0 aliphatic heterocycles. The van der Waals surface area contributed by atoms with Gasteiger partial charge in [-0.3, -0.25) is 19.7 Å². The predicted molar refractivity (Wildman–Crippen MR) is 160 cm³/mol. The lowest BCUT2D eigenvalue weighted by Crippen LogP contribution is -2.19. The van der Waals surface area contributed by atoms with Crippen LogP contribution >= 0.6 is 11.8 Å². The first kappa shape index (κ1) is 26.6. The maximum Gasteiger partial charge on any atom is 0.269 e. The van der Waals surface area contributed by atoms with E-state index in [-0.39, 0.29) is 17.5 Å². The normalized spacial score (nSPS) is 11.5. The predicted octanol–water partition coefficient (Wildman–Crippen LogP) is 7.78. The minimum atomic E-state index is -0.609. The van der Waals surface area contributed by atoms with Crippen LogP contribution in [0.2, 0.25) is 0 Å². The van der Waals surface area contributed by atoms with Crippen LogP contribution in [-0.4, -0.2) is 16.7 Å². The van der Waals surface area contributed by atoms with Crippen molar-refractivity contribution in [3.05, 3.63) is 142 Å². The van der Waals surface area contributed by atoms with Crippen LogP contribution in [0, 0.1) is 17.0 Å². The van der Waals surface area contributed by atoms with Gasteiger partial charge >= 0.3 is 0 Å². The summed E-state index contributed by atoms with van der Waals surface area (Å²) in [5, 5.41) is 18.4. The maximum absolute atomic E-state index is 13.5. The van der Waals surface area contributed by atoms with E-state index < -0.39 is 10.2 Å². The van der Waals surface area contributed by atoms with Crippen LogP contribution in [0.5, 0.6) is 0 Å². The third kappa shape index (κ3) is 6.19. The second-order valence-corrected chi connectivity index (χ2v) is 10.4. The van der Waals surface area contributed by atoms with Crippen molar-refractivity contribution in [2.75, 3.05) is 10.6 Å². The van der Waals surface area contributed by atoms with E-state index in [1.807, 2.05) is 84.9 Å². The number of hydrogen-bond acceptors (Lipinski definition) is 5. The lowest BCUT2D eigenvalue weighted by atomic mass is 10.1. The minimum absolute atomic E-state index is 0.0352. The Bertz CT molecular complexity index is 1720. The maximum atomic E-state index is 13.5. The van der Waals surface area contributed by atoms with Crippen LogP contribution in [0.15, 0.2) is 120 Å². The Balaban J connectivity index is 1.35. The zero-order valence-electron chi connectivity index (χ0n) is 21.5. The molecule has 1 unspecified atom stereocenters. The molecule has 0 aliphatic rings. The van der Waals surface area contributed by atoms with E-state index >= 15 is 0 Å². The summed E-state index contributed by atoms with van der Waals surface area (Å²) in [6, 6.07) is 34.5. The molecule has 5 rings (SSSR count). The second-order valence-electron chi connectivity index (χ2n) is 9.20. The summed E-state index contributed by atoms with van der Waals surface area (Å²) in [7, 11) is 0. The number of anilines is 2. The van der Waals surface area contributed by atoms with Gasteiger partial charge in [-0.2, -0.15) is 0 Å². The van der Waals surface area contributed by atoms with E-state index in [2.05, 4.69) is 10.6 Å². The number of nitrogens with one attached hydrogen (secondary N) is 2. The zero-order valence-corrected chi connectivity index (χ0v) is 22.4. The largest absolute Gasteiger partial charge is 0.325 e. The molecule has 0 saturated heterocycles. The molecule has 2 N–H and O–H groups in total. The fourth-order valence-electron chi connectivity index (χ4n) is 4.32. The zero-order chi connectivity index (χ0) is 28.1. The van der Waals surface area contributed by atoms with Crippen molar-refractivity contribution < 1.29 is 14.5 Å². The third-order valence-electron chi connectivity index (χ3n) is 6.38. The lowest BCUT2D eigenvalue weighted by molar-refractivity contribution is -0.384. The summed E-state index contributed by atoms with van der Waals surface area (Å²) in [5.74, 6) is -0.488. The number of carbonyl (C=O) groups excluding carboxylic acids is 2. The summed E-state index contributed by atoms with van der Waals surface area (Å²) in [6.45, 7) is 1.72. The molecular formula is C32H25N3O4S. The van der Waals surface area contributed by atoms with Crippen molar-refractivity contribution in [3.8, 4) is 0 Å². The highest BCUT2D eigenvalue weighted by atomic mass is 32.2. The number of hydrogen-bond donors (Lipinski definition) is 2. The summed E-state index contributed by atoms with van der Waals surface area (Å²) < 4.78 is 0. The summed E-state index contributed by atoms with van der Waals surface area (Å²) in [4.78, 5) is 37.9. The molecule has 0 bridgehead atoms. The van der Waals surface area contributed by atoms with Gasteiger partial charge in [-0.05, 0) is 65.2 Å². The number of fused-ring (bicyclic) bond motifs is 1. The number of nitro groups is 1. The molecule has 0 saturated carbocycles. The number of benzene rings is 5. The number of amides is 2. The molecule has 198 valence electrons. The van der Waals surface area contributed by atoms with E-state index in [1.165, 1.54) is 23.9 Å². The third-order valence-corrected chi connectivity index (χ3v) is 7.62. The van der Waals surface area contributed by atoms with Crippen LogP contribution in [0.3, 0.4) is 0 Å². The van der Waals surface area contributed by atoms with Crippen molar-refractivity contribution >= 4 is 51.4 Å². The monoisotopic (exact) mass is 547 g/mol. The van der Waals surface area contributed by atoms with E-state index in [1.54, 1.807) is 25.1 Å². The minimum Gasteiger partial charge on any atom is -0.325 e. The van der Waals surface area contributed by atoms with E-state index in [4.69, 9.17) is 0 Å². The van der Waals surface area contributed by atoms with Crippen LogP contribution in [0.4, 0.5) is 17.1 Å². The highest BCUT2D eigenvalue weighted by Crippen LogP contribution is 2.37. The Morgan fingerprint density at radius 2 is 1.52 bits per heavy atom. The van der Waals surface area contributed by atoms with Crippen molar-refractivity contribution in [2.24, 2.45) is 0 Å². The van der Waals surface area contributed by atoms with Gasteiger partial charge in [0, 0.05) is 34.0 Å². The molecule has 0 aliphatic carbocycles. The van der Waals surface area contributed by atoms with Crippen molar-refractivity contribution in [2.45, 2.75) is 17.1 Å². The first-order valence-electron chi connectivity index (χ1n) is 12.5. The molecule has 0 fully saturated rings. The molecule has 7 nitrogen and oxygen atoms in total. The number of rotatable bonds is 8. The van der Waals surface area contributed by atoms with E-state index in [0.717, 1.165) is 21.2 Å². The number of carbonyl (C=O) groups is 2. The number of aryl methyl sites for hydroxylation is 1. The SMILES string of the molecule is Cc1cc([N+](=O)[O-])ccc1NC(=O)C(Sc1cccc(NC(=O)c2ccc3ccccc3c2)c1)c1ccccc1. The fraction of sp³-hybridized carbons (Fsp3) is 0.0625. The number of non-ortho nitro benzene ring substituents is 1. The molecule has 5 aromatic carbocycles. The van der Waals surface area contributed by atoms with Gasteiger partial charge in [0.05, 0.1) is 4.92 Å². The highest BCUT2D eigenvalue weighted by molar-refractivity contribution is 8.00. The fourth-order valence-corrected chi connectivity index (χ4v) is 5.40. The smallest absolute Gasteiger partial charge is 0.269 e. The molecule has 0 spiro atoms. The van der Waals surface area contributed by atoms with E-state index in [0.29, 0.717) is 22.5 Å². The number of nitro benzene ring substituents is 1. The average Bonchev–Trinajstić information content (AvgIpc) is 2.97. The Morgan fingerprint density at radius 3 is 2.27 bits per heavy atom. The van der Waals surface area contributed by atoms with Crippen molar-refractivity contribution in [1.82, 2.24) is 0 Å². The molecule has 8 heteroatoms. The molecule has 0 heterocycles. The molecular weight excluding hydrogens is 522 g/mol. The van der Waals surface area contributed by atoms with Crippen molar-refractivity contribution in [1.29, 1.82) is 0 Å². The van der Waals surface area contributed by atoms with Crippen LogP contribution < -0.4 is 10.6 Å².